The van der Waals surface area contributed by atoms with Gasteiger partial charge < -0.3 is 23.8 Å². The van der Waals surface area contributed by atoms with Gasteiger partial charge in [-0.25, -0.2) is 9.59 Å². The number of carbonyl (C=O) groups excluding carboxylic acids is 2. The molecule has 1 aromatic heterocycles. The maximum absolute atomic E-state index is 15.8. The van der Waals surface area contributed by atoms with E-state index in [1.54, 1.807) is 48.5 Å². The zero-order valence-corrected chi connectivity index (χ0v) is 23.1. The van der Waals surface area contributed by atoms with E-state index in [0.29, 0.717) is 22.5 Å². The Morgan fingerprint density at radius 2 is 1.80 bits per heavy atom. The maximum atomic E-state index is 15.8. The van der Waals surface area contributed by atoms with Crippen LogP contribution >= 0.6 is 17.1 Å². The summed E-state index contributed by atoms with van der Waals surface area (Å²) in [6.45, 7) is -0.0939. The molecule has 4 atom stereocenters. The van der Waals surface area contributed by atoms with Crippen LogP contribution in [-0.4, -0.2) is 58.5 Å². The number of nitrogens with zero attached hydrogens (tertiary/aromatic N) is 2. The first-order valence-corrected chi connectivity index (χ1v) is 16.2. The second-order valence-electron chi connectivity index (χ2n) is 8.63. The number of amides is 1. The first-order valence-electron chi connectivity index (χ1n) is 11.9. The summed E-state index contributed by atoms with van der Waals surface area (Å²) in [7, 11) is 0. The fourth-order valence-electron chi connectivity index (χ4n) is 4.02. The minimum Gasteiger partial charge on any atom is -0.449 e. The third-order valence-corrected chi connectivity index (χ3v) is 11.3. The number of hydrogen-bond acceptors (Lipinski definition) is 10. The number of halogens is 2. The molecule has 10 nitrogen and oxygen atoms in total. The fraction of sp³-hybridized carbons (Fsp3) is 0.280. The first kappa shape index (κ1) is 28.5. The quantitative estimate of drug-likeness (QED) is 0.293. The highest BCUT2D eigenvalue weighted by atomic mass is 32.9. The van der Waals surface area contributed by atoms with Crippen molar-refractivity contribution in [2.24, 2.45) is 0 Å². The van der Waals surface area contributed by atoms with Gasteiger partial charge >= 0.3 is 17.6 Å². The molecule has 1 amide bonds. The van der Waals surface area contributed by atoms with Gasteiger partial charge in [-0.2, -0.15) is 13.8 Å². The third-order valence-electron chi connectivity index (χ3n) is 5.93. The fourth-order valence-corrected chi connectivity index (χ4v) is 8.22. The lowest BCUT2D eigenvalue weighted by Gasteiger charge is -2.25. The number of hydrogen-bond donors (Lipinski definition) is 1. The van der Waals surface area contributed by atoms with Crippen LogP contribution in [0.5, 0.6) is 0 Å². The zero-order valence-electron chi connectivity index (χ0n) is 20.6. The smallest absolute Gasteiger partial charge is 0.351 e. The molecule has 40 heavy (non-hydrogen) atoms. The van der Waals surface area contributed by atoms with Crippen molar-refractivity contribution in [3.8, 4) is 0 Å². The van der Waals surface area contributed by atoms with E-state index in [-0.39, 0.29) is 11.4 Å². The first-order chi connectivity index (χ1) is 19.2. The van der Waals surface area contributed by atoms with E-state index >= 15 is 8.78 Å². The molecule has 0 bridgehead atoms. The molecule has 210 valence electrons. The van der Waals surface area contributed by atoms with Gasteiger partial charge in [0.05, 0.1) is 18.8 Å². The normalized spacial score (nSPS) is 25.4. The highest BCUT2D eigenvalue weighted by Crippen LogP contribution is 2.65. The Morgan fingerprint density at radius 3 is 2.42 bits per heavy atom. The highest BCUT2D eigenvalue weighted by Gasteiger charge is 2.62. The molecule has 3 aromatic rings. The Hall–Kier alpha value is -3.00. The molecule has 2 aromatic carbocycles. The van der Waals surface area contributed by atoms with Crippen LogP contribution in [0, 0.1) is 0 Å². The molecule has 1 N–H and O–H groups in total. The van der Waals surface area contributed by atoms with Crippen LogP contribution in [0.3, 0.4) is 0 Å². The summed E-state index contributed by atoms with van der Waals surface area (Å²) >= 11 is 6.64. The predicted octanol–water partition coefficient (Wildman–Crippen LogP) is 4.26. The van der Waals surface area contributed by atoms with Gasteiger partial charge in [0.2, 0.25) is 11.9 Å². The summed E-state index contributed by atoms with van der Waals surface area (Å²) in [6, 6.07) is 17.0. The largest absolute Gasteiger partial charge is 0.449 e. The standard InChI is InChI=1S/C25H22F2N3O7PS2/c26-25(27)20(37-22(32)17-9-5-2-6-10-17)18(15-35-38(39)34-13-14-40-38)36-23(25)30-12-11-19(29-24(30)33)28-21(31)16-7-3-1-4-8-16/h1-12,18,20,23H,13-15H2,(H,28,29,31,33)/t18-,20+,23-,38?/m1/s1. The Bertz CT molecular complexity index is 1490. The monoisotopic (exact) mass is 609 g/mol. The molecule has 15 heteroatoms. The van der Waals surface area contributed by atoms with Gasteiger partial charge in [-0.15, -0.1) is 0 Å². The van der Waals surface area contributed by atoms with E-state index in [1.165, 1.54) is 29.6 Å². The van der Waals surface area contributed by atoms with E-state index in [1.807, 2.05) is 0 Å². The van der Waals surface area contributed by atoms with Crippen molar-refractivity contribution >= 4 is 46.6 Å². The summed E-state index contributed by atoms with van der Waals surface area (Å²) in [5.74, 6) is -4.96. The minimum absolute atomic E-state index is 0.0562. The Balaban J connectivity index is 1.39. The van der Waals surface area contributed by atoms with Gasteiger partial charge in [0.15, 0.2) is 6.10 Å². The van der Waals surface area contributed by atoms with E-state index in [2.05, 4.69) is 10.3 Å². The molecule has 0 saturated carbocycles. The van der Waals surface area contributed by atoms with Crippen molar-refractivity contribution in [1.29, 1.82) is 0 Å². The van der Waals surface area contributed by atoms with Crippen molar-refractivity contribution in [3.63, 3.8) is 0 Å². The van der Waals surface area contributed by atoms with Crippen LogP contribution in [0.1, 0.15) is 26.9 Å². The molecular weight excluding hydrogens is 587 g/mol. The van der Waals surface area contributed by atoms with Crippen molar-refractivity contribution in [2.75, 3.05) is 24.3 Å². The lowest BCUT2D eigenvalue weighted by molar-refractivity contribution is -0.142. The van der Waals surface area contributed by atoms with Gasteiger partial charge in [0.1, 0.15) is 11.9 Å². The summed E-state index contributed by atoms with van der Waals surface area (Å²) in [4.78, 5) is 41.7. The SMILES string of the molecule is O=C(Nc1ccn([C@@H]2O[C@H](COP3(=S)OCCS3)[C@H](OC(=O)c3ccccc3)C2(F)F)c(=O)n1)c1ccccc1. The Morgan fingerprint density at radius 1 is 1.12 bits per heavy atom. The zero-order chi connectivity index (χ0) is 28.3. The van der Waals surface area contributed by atoms with Gasteiger partial charge in [-0.05, 0) is 42.1 Å². The number of rotatable bonds is 8. The van der Waals surface area contributed by atoms with Crippen LogP contribution in [0.4, 0.5) is 14.6 Å². The predicted molar refractivity (Wildman–Crippen MR) is 146 cm³/mol. The van der Waals surface area contributed by atoms with Crippen LogP contribution in [0.25, 0.3) is 0 Å². The number of benzene rings is 2. The van der Waals surface area contributed by atoms with Gasteiger partial charge in [-0.3, -0.25) is 9.36 Å². The van der Waals surface area contributed by atoms with Gasteiger partial charge in [0, 0.05) is 17.5 Å². The number of ether oxygens (including phenoxy) is 2. The highest BCUT2D eigenvalue weighted by molar-refractivity contribution is 8.68. The molecule has 0 spiro atoms. The number of nitrogens with one attached hydrogen (secondary N) is 1. The lowest BCUT2D eigenvalue weighted by Crippen LogP contribution is -2.44. The van der Waals surface area contributed by atoms with Crippen molar-refractivity contribution in [1.82, 2.24) is 9.55 Å². The molecule has 3 heterocycles. The average Bonchev–Trinajstić information content (AvgIpc) is 3.49. The number of esters is 1. The van der Waals surface area contributed by atoms with E-state index in [4.69, 9.17) is 30.3 Å². The number of carbonyl (C=O) groups is 2. The van der Waals surface area contributed by atoms with E-state index in [9.17, 15) is 14.4 Å². The molecule has 0 radical (unpaired) electrons. The summed E-state index contributed by atoms with van der Waals surface area (Å²) in [5.41, 5.74) is -3.51. The lowest BCUT2D eigenvalue weighted by atomic mass is 10.1. The minimum atomic E-state index is -3.88. The van der Waals surface area contributed by atoms with Gasteiger partial charge in [-0.1, -0.05) is 47.8 Å². The second-order valence-corrected chi connectivity index (χ2v) is 15.1. The Kier molecular flexibility index (Phi) is 8.45. The molecule has 0 aliphatic carbocycles. The molecule has 5 rings (SSSR count). The van der Waals surface area contributed by atoms with Crippen molar-refractivity contribution in [3.05, 3.63) is 94.5 Å². The molecule has 1 unspecified atom stereocenters. The maximum Gasteiger partial charge on any atom is 0.351 e. The van der Waals surface area contributed by atoms with Crippen molar-refractivity contribution < 1.29 is 36.9 Å². The van der Waals surface area contributed by atoms with E-state index < -0.39 is 54.2 Å². The van der Waals surface area contributed by atoms with Crippen LogP contribution in [0.2, 0.25) is 0 Å². The van der Waals surface area contributed by atoms with Gasteiger partial charge in [0.25, 0.3) is 5.91 Å². The molecule has 2 aliphatic rings. The summed E-state index contributed by atoms with van der Waals surface area (Å²) in [5, 5.41) is 2.45. The average molecular weight is 610 g/mol. The van der Waals surface area contributed by atoms with Crippen LogP contribution in [-0.2, 0) is 30.3 Å². The van der Waals surface area contributed by atoms with Crippen LogP contribution in [0.15, 0.2) is 77.7 Å². The molecule has 2 saturated heterocycles. The van der Waals surface area contributed by atoms with Crippen LogP contribution < -0.4 is 11.0 Å². The van der Waals surface area contributed by atoms with Crippen molar-refractivity contribution in [2.45, 2.75) is 24.4 Å². The Labute approximate surface area is 235 Å². The number of aromatic nitrogens is 2. The topological polar surface area (TPSA) is 118 Å². The molecular formula is C25H22F2N3O7PS2. The number of alkyl halides is 2. The summed E-state index contributed by atoms with van der Waals surface area (Å²) < 4.78 is 54.2. The summed E-state index contributed by atoms with van der Waals surface area (Å²) in [6.07, 6.45) is -4.78. The second kappa shape index (κ2) is 11.9. The molecule has 2 fully saturated rings. The number of anilines is 1. The third kappa shape index (κ3) is 6.17. The van der Waals surface area contributed by atoms with E-state index in [0.717, 1.165) is 6.20 Å². The molecule has 2 aliphatic heterocycles.